The number of hydrogen-bond donors (Lipinski definition) is 3. The number of aliphatic hydroxyl groups excluding tert-OH is 1. The van der Waals surface area contributed by atoms with Crippen LogP contribution in [0.1, 0.15) is 29.3 Å². The third-order valence-electron chi connectivity index (χ3n) is 5.70. The highest BCUT2D eigenvalue weighted by Gasteiger charge is 2.29. The van der Waals surface area contributed by atoms with Crippen molar-refractivity contribution in [3.63, 3.8) is 0 Å². The number of nitrogens with zero attached hydrogens (tertiary/aromatic N) is 2. The molecule has 0 bridgehead atoms. The molecule has 0 radical (unpaired) electrons. The number of rotatable bonds is 9. The minimum atomic E-state index is -4.19. The molecule has 3 rings (SSSR count). The van der Waals surface area contributed by atoms with E-state index in [1.807, 2.05) is 4.90 Å². The molecular weight excluding hydrogens is 488 g/mol. The first-order valence-corrected chi connectivity index (χ1v) is 11.7. The van der Waals surface area contributed by atoms with E-state index in [1.54, 1.807) is 30.0 Å². The van der Waals surface area contributed by atoms with Crippen molar-refractivity contribution < 1.29 is 27.5 Å². The van der Waals surface area contributed by atoms with Gasteiger partial charge in [0, 0.05) is 56.4 Å². The Kier molecular flexibility index (Phi) is 9.34. The van der Waals surface area contributed by atoms with E-state index in [0.717, 1.165) is 0 Å². The monoisotopic (exact) mass is 516 g/mol. The molecule has 1 aliphatic heterocycles. The first kappa shape index (κ1) is 27.2. The van der Waals surface area contributed by atoms with Crippen LogP contribution in [0.25, 0.3) is 0 Å². The van der Waals surface area contributed by atoms with E-state index in [1.165, 1.54) is 18.2 Å². The summed E-state index contributed by atoms with van der Waals surface area (Å²) in [4.78, 5) is 16.9. The Morgan fingerprint density at radius 3 is 2.51 bits per heavy atom. The standard InChI is InChI=1S/C24H29ClF4N4O2/c1-16(34)14-30-15-17-12-19(26)3-4-20(17)23(35)31-21-5-2-18(25)13-22(21)33-10-8-32(9-11-33)7-6-24(27,28)29/h2-5,12-13,16,30,34H,6-11,14-15H2,1H3,(H,31,35). The maximum absolute atomic E-state index is 13.8. The Bertz CT molecular complexity index is 1010. The number of amides is 1. The van der Waals surface area contributed by atoms with E-state index in [4.69, 9.17) is 11.6 Å². The number of carbonyl (C=O) groups is 1. The average molecular weight is 517 g/mol. The van der Waals surface area contributed by atoms with Crippen LogP contribution < -0.4 is 15.5 Å². The normalized spacial score (nSPS) is 15.8. The molecule has 6 nitrogen and oxygen atoms in total. The van der Waals surface area contributed by atoms with Crippen LogP contribution in [0.2, 0.25) is 5.02 Å². The summed E-state index contributed by atoms with van der Waals surface area (Å²) in [6, 6.07) is 8.89. The molecule has 35 heavy (non-hydrogen) atoms. The fourth-order valence-corrected chi connectivity index (χ4v) is 4.07. The molecule has 1 atom stereocenters. The van der Waals surface area contributed by atoms with E-state index in [0.29, 0.717) is 48.1 Å². The quantitative estimate of drug-likeness (QED) is 0.434. The number of nitrogens with one attached hydrogen (secondary N) is 2. The van der Waals surface area contributed by atoms with Gasteiger partial charge in [-0.3, -0.25) is 9.69 Å². The zero-order valence-corrected chi connectivity index (χ0v) is 20.1. The summed E-state index contributed by atoms with van der Waals surface area (Å²) in [6.45, 7) is 3.91. The lowest BCUT2D eigenvalue weighted by Gasteiger charge is -2.37. The minimum absolute atomic E-state index is 0.0487. The van der Waals surface area contributed by atoms with Gasteiger partial charge in [-0.05, 0) is 48.9 Å². The van der Waals surface area contributed by atoms with Gasteiger partial charge in [-0.1, -0.05) is 11.6 Å². The summed E-state index contributed by atoms with van der Waals surface area (Å²) >= 11 is 6.20. The van der Waals surface area contributed by atoms with Gasteiger partial charge in [0.15, 0.2) is 0 Å². The summed E-state index contributed by atoms with van der Waals surface area (Å²) < 4.78 is 51.4. The SMILES string of the molecule is CC(O)CNCc1cc(F)ccc1C(=O)Nc1ccc(Cl)cc1N1CCN(CCC(F)(F)F)CC1. The summed E-state index contributed by atoms with van der Waals surface area (Å²) in [5, 5.41) is 15.7. The number of aliphatic hydroxyl groups is 1. The molecule has 1 amide bonds. The van der Waals surface area contributed by atoms with Crippen LogP contribution in [-0.4, -0.2) is 67.5 Å². The number of alkyl halides is 3. The molecule has 0 aromatic heterocycles. The van der Waals surface area contributed by atoms with Gasteiger partial charge < -0.3 is 20.6 Å². The molecule has 0 saturated carbocycles. The van der Waals surface area contributed by atoms with Crippen molar-refractivity contribution in [3.8, 4) is 0 Å². The Morgan fingerprint density at radius 1 is 1.14 bits per heavy atom. The van der Waals surface area contributed by atoms with Gasteiger partial charge in [-0.2, -0.15) is 13.2 Å². The highest BCUT2D eigenvalue weighted by Crippen LogP contribution is 2.31. The number of carbonyl (C=O) groups excluding carboxylic acids is 1. The molecule has 1 unspecified atom stereocenters. The lowest BCUT2D eigenvalue weighted by molar-refractivity contribution is -0.138. The fraction of sp³-hybridized carbons (Fsp3) is 0.458. The molecule has 1 heterocycles. The molecule has 11 heteroatoms. The molecular formula is C24H29ClF4N4O2. The van der Waals surface area contributed by atoms with Crippen molar-refractivity contribution in [2.24, 2.45) is 0 Å². The number of halogens is 5. The van der Waals surface area contributed by atoms with Crippen LogP contribution in [-0.2, 0) is 6.54 Å². The summed E-state index contributed by atoms with van der Waals surface area (Å²) in [5.74, 6) is -0.919. The predicted octanol–water partition coefficient (Wildman–Crippen LogP) is 4.28. The Balaban J connectivity index is 1.72. The van der Waals surface area contributed by atoms with Gasteiger partial charge in [-0.15, -0.1) is 0 Å². The predicted molar refractivity (Wildman–Crippen MR) is 129 cm³/mol. The van der Waals surface area contributed by atoms with Gasteiger partial charge in [0.05, 0.1) is 23.9 Å². The molecule has 2 aromatic rings. The van der Waals surface area contributed by atoms with E-state index in [-0.39, 0.29) is 25.2 Å². The molecule has 2 aromatic carbocycles. The van der Waals surface area contributed by atoms with Gasteiger partial charge >= 0.3 is 6.18 Å². The minimum Gasteiger partial charge on any atom is -0.392 e. The smallest absolute Gasteiger partial charge is 0.390 e. The molecule has 1 aliphatic rings. The first-order chi connectivity index (χ1) is 16.5. The molecule has 1 fully saturated rings. The summed E-state index contributed by atoms with van der Waals surface area (Å²) in [5.41, 5.74) is 1.88. The third-order valence-corrected chi connectivity index (χ3v) is 5.93. The van der Waals surface area contributed by atoms with E-state index in [2.05, 4.69) is 10.6 Å². The van der Waals surface area contributed by atoms with Gasteiger partial charge in [0.25, 0.3) is 5.91 Å². The highest BCUT2D eigenvalue weighted by atomic mass is 35.5. The second-order valence-electron chi connectivity index (χ2n) is 8.59. The second-order valence-corrected chi connectivity index (χ2v) is 9.03. The van der Waals surface area contributed by atoms with Crippen molar-refractivity contribution in [1.29, 1.82) is 0 Å². The second kappa shape index (κ2) is 12.0. The highest BCUT2D eigenvalue weighted by molar-refractivity contribution is 6.31. The molecule has 1 saturated heterocycles. The van der Waals surface area contributed by atoms with E-state index in [9.17, 15) is 27.5 Å². The van der Waals surface area contributed by atoms with Gasteiger partial charge in [-0.25, -0.2) is 4.39 Å². The van der Waals surface area contributed by atoms with Crippen LogP contribution in [0.5, 0.6) is 0 Å². The van der Waals surface area contributed by atoms with Crippen LogP contribution in [0, 0.1) is 5.82 Å². The van der Waals surface area contributed by atoms with Crippen LogP contribution in [0.3, 0.4) is 0 Å². The number of piperazine rings is 1. The lowest BCUT2D eigenvalue weighted by atomic mass is 10.1. The van der Waals surface area contributed by atoms with E-state index < -0.39 is 30.4 Å². The van der Waals surface area contributed by atoms with Crippen molar-refractivity contribution in [1.82, 2.24) is 10.2 Å². The van der Waals surface area contributed by atoms with E-state index >= 15 is 0 Å². The summed E-state index contributed by atoms with van der Waals surface area (Å²) in [7, 11) is 0. The van der Waals surface area contributed by atoms with Crippen LogP contribution in [0.15, 0.2) is 36.4 Å². The molecule has 192 valence electrons. The van der Waals surface area contributed by atoms with Crippen molar-refractivity contribution in [3.05, 3.63) is 58.4 Å². The Labute approximate surface area is 206 Å². The van der Waals surface area contributed by atoms with Crippen molar-refractivity contribution in [2.75, 3.05) is 49.5 Å². The zero-order valence-electron chi connectivity index (χ0n) is 19.3. The third kappa shape index (κ3) is 8.34. The van der Waals surface area contributed by atoms with Gasteiger partial charge in [0.1, 0.15) is 5.82 Å². The topological polar surface area (TPSA) is 67.8 Å². The van der Waals surface area contributed by atoms with Crippen LogP contribution >= 0.6 is 11.6 Å². The Morgan fingerprint density at radius 2 is 1.86 bits per heavy atom. The van der Waals surface area contributed by atoms with Crippen molar-refractivity contribution >= 4 is 28.9 Å². The van der Waals surface area contributed by atoms with Crippen molar-refractivity contribution in [2.45, 2.75) is 32.2 Å². The first-order valence-electron chi connectivity index (χ1n) is 11.3. The zero-order chi connectivity index (χ0) is 25.6. The number of benzene rings is 2. The molecule has 3 N–H and O–H groups in total. The maximum atomic E-state index is 13.8. The number of hydrogen-bond acceptors (Lipinski definition) is 5. The maximum Gasteiger partial charge on any atom is 0.390 e. The largest absolute Gasteiger partial charge is 0.392 e. The summed E-state index contributed by atoms with van der Waals surface area (Å²) in [6.07, 6.45) is -5.63. The Hall–Kier alpha value is -2.40. The van der Waals surface area contributed by atoms with Gasteiger partial charge in [0.2, 0.25) is 0 Å². The fourth-order valence-electron chi connectivity index (χ4n) is 3.90. The molecule has 0 spiro atoms. The molecule has 0 aliphatic carbocycles. The van der Waals surface area contributed by atoms with Crippen LogP contribution in [0.4, 0.5) is 28.9 Å². The average Bonchev–Trinajstić information content (AvgIpc) is 2.78. The number of anilines is 2. The lowest BCUT2D eigenvalue weighted by Crippen LogP contribution is -2.47.